The highest BCUT2D eigenvalue weighted by Gasteiger charge is 2.35. The van der Waals surface area contributed by atoms with Crippen molar-refractivity contribution < 1.29 is 26.3 Å². The Morgan fingerprint density at radius 2 is 1.57 bits per heavy atom. The van der Waals surface area contributed by atoms with Crippen LogP contribution in [0.25, 0.3) is 11.1 Å². The van der Waals surface area contributed by atoms with Crippen LogP contribution in [0.2, 0.25) is 0 Å². The topological polar surface area (TPSA) is 12.9 Å². The van der Waals surface area contributed by atoms with Crippen LogP contribution in [0.15, 0.2) is 36.5 Å². The van der Waals surface area contributed by atoms with Gasteiger partial charge in [0.15, 0.2) is 0 Å². The van der Waals surface area contributed by atoms with Crippen molar-refractivity contribution >= 4 is 22.6 Å². The number of nitrogens with zero attached hydrogens (tertiary/aromatic N) is 1. The quantitative estimate of drug-likeness (QED) is 0.345. The fourth-order valence-electron chi connectivity index (χ4n) is 1.76. The second kappa shape index (κ2) is 5.47. The van der Waals surface area contributed by atoms with Gasteiger partial charge < -0.3 is 0 Å². The highest BCUT2D eigenvalue weighted by atomic mass is 127. The van der Waals surface area contributed by atoms with E-state index in [4.69, 9.17) is 0 Å². The van der Waals surface area contributed by atoms with Gasteiger partial charge in [0.25, 0.3) is 0 Å². The van der Waals surface area contributed by atoms with E-state index in [-0.39, 0.29) is 14.8 Å². The molecule has 1 nitrogen and oxygen atoms in total. The monoisotopic (exact) mass is 417 g/mol. The standard InChI is InChI=1S/C13H6F6IN/c14-12(15,16)8-3-1-2-7(4-8)9-5-11(20)21-6-10(9)13(17,18)19/h1-6H. The zero-order valence-corrected chi connectivity index (χ0v) is 12.2. The lowest BCUT2D eigenvalue weighted by molar-refractivity contribution is -0.137. The van der Waals surface area contributed by atoms with Crippen LogP contribution in [-0.4, -0.2) is 4.98 Å². The first-order valence-electron chi connectivity index (χ1n) is 5.49. The number of rotatable bonds is 1. The van der Waals surface area contributed by atoms with Gasteiger partial charge in [-0.15, -0.1) is 0 Å². The summed E-state index contributed by atoms with van der Waals surface area (Å²) < 4.78 is 77.0. The summed E-state index contributed by atoms with van der Waals surface area (Å²) in [5, 5.41) is 0. The van der Waals surface area contributed by atoms with Crippen molar-refractivity contribution in [1.29, 1.82) is 0 Å². The third-order valence-corrected chi connectivity index (χ3v) is 3.27. The fraction of sp³-hybridized carbons (Fsp3) is 0.154. The summed E-state index contributed by atoms with van der Waals surface area (Å²) in [6, 6.07) is 4.89. The molecule has 21 heavy (non-hydrogen) atoms. The minimum Gasteiger partial charge on any atom is -0.250 e. The highest BCUT2D eigenvalue weighted by molar-refractivity contribution is 14.1. The molecule has 0 unspecified atom stereocenters. The van der Waals surface area contributed by atoms with Crippen molar-refractivity contribution in [2.75, 3.05) is 0 Å². The maximum absolute atomic E-state index is 12.9. The SMILES string of the molecule is FC(F)(F)c1cccc(-c2cc(I)ncc2C(F)(F)F)c1. The smallest absolute Gasteiger partial charge is 0.250 e. The maximum Gasteiger partial charge on any atom is 0.418 e. The fourth-order valence-corrected chi connectivity index (χ4v) is 2.21. The van der Waals surface area contributed by atoms with Crippen molar-refractivity contribution in [3.8, 4) is 11.1 Å². The van der Waals surface area contributed by atoms with Crippen molar-refractivity contribution in [3.63, 3.8) is 0 Å². The van der Waals surface area contributed by atoms with E-state index in [2.05, 4.69) is 4.98 Å². The van der Waals surface area contributed by atoms with Crippen LogP contribution in [0.1, 0.15) is 11.1 Å². The predicted molar refractivity (Wildman–Crippen MR) is 72.4 cm³/mol. The van der Waals surface area contributed by atoms with Gasteiger partial charge in [-0.05, 0) is 51.9 Å². The summed E-state index contributed by atoms with van der Waals surface area (Å²) in [7, 11) is 0. The summed E-state index contributed by atoms with van der Waals surface area (Å²) in [6.07, 6.45) is -8.69. The van der Waals surface area contributed by atoms with Crippen LogP contribution >= 0.6 is 22.6 Å². The number of halogens is 7. The molecule has 0 saturated heterocycles. The van der Waals surface area contributed by atoms with E-state index in [1.807, 2.05) is 0 Å². The molecule has 0 radical (unpaired) electrons. The number of hydrogen-bond donors (Lipinski definition) is 0. The van der Waals surface area contributed by atoms with Crippen molar-refractivity contribution in [2.45, 2.75) is 12.4 Å². The average molecular weight is 417 g/mol. The molecule has 0 N–H and O–H groups in total. The molecule has 8 heteroatoms. The average Bonchev–Trinajstić information content (AvgIpc) is 2.36. The van der Waals surface area contributed by atoms with E-state index in [0.717, 1.165) is 18.2 Å². The van der Waals surface area contributed by atoms with E-state index in [1.54, 1.807) is 22.6 Å². The molecule has 0 spiro atoms. The Bertz CT molecular complexity index is 662. The zero-order valence-electron chi connectivity index (χ0n) is 10.1. The van der Waals surface area contributed by atoms with Gasteiger partial charge in [0.1, 0.15) is 3.70 Å². The Hall–Kier alpha value is -1.32. The lowest BCUT2D eigenvalue weighted by Gasteiger charge is -2.14. The van der Waals surface area contributed by atoms with Gasteiger partial charge in [0.05, 0.1) is 11.1 Å². The Kier molecular flexibility index (Phi) is 4.18. The summed E-state index contributed by atoms with van der Waals surface area (Å²) >= 11 is 1.70. The van der Waals surface area contributed by atoms with E-state index in [0.29, 0.717) is 12.3 Å². The predicted octanol–water partition coefficient (Wildman–Crippen LogP) is 5.39. The van der Waals surface area contributed by atoms with Crippen molar-refractivity contribution in [1.82, 2.24) is 4.98 Å². The molecule has 2 aromatic rings. The molecule has 0 fully saturated rings. The van der Waals surface area contributed by atoms with Crippen LogP contribution in [-0.2, 0) is 12.4 Å². The number of benzene rings is 1. The Morgan fingerprint density at radius 3 is 2.14 bits per heavy atom. The van der Waals surface area contributed by atoms with Gasteiger partial charge in [-0.1, -0.05) is 12.1 Å². The van der Waals surface area contributed by atoms with Gasteiger partial charge in [0, 0.05) is 6.20 Å². The Labute approximate surface area is 129 Å². The van der Waals surface area contributed by atoms with Crippen LogP contribution < -0.4 is 0 Å². The molecule has 0 amide bonds. The van der Waals surface area contributed by atoms with Gasteiger partial charge in [-0.25, -0.2) is 4.98 Å². The number of alkyl halides is 6. The molecule has 2 rings (SSSR count). The molecule has 0 saturated carbocycles. The third-order valence-electron chi connectivity index (χ3n) is 2.68. The Morgan fingerprint density at radius 1 is 0.905 bits per heavy atom. The number of pyridine rings is 1. The molecule has 0 aliphatic heterocycles. The van der Waals surface area contributed by atoms with Gasteiger partial charge >= 0.3 is 12.4 Å². The zero-order chi connectivity index (χ0) is 15.8. The first kappa shape index (κ1) is 16.1. The van der Waals surface area contributed by atoms with Crippen molar-refractivity contribution in [2.24, 2.45) is 0 Å². The van der Waals surface area contributed by atoms with E-state index in [1.165, 1.54) is 6.07 Å². The van der Waals surface area contributed by atoms with Crippen LogP contribution in [0.3, 0.4) is 0 Å². The molecular weight excluding hydrogens is 411 g/mol. The number of aromatic nitrogens is 1. The van der Waals surface area contributed by atoms with Crippen LogP contribution in [0.4, 0.5) is 26.3 Å². The normalized spacial score (nSPS) is 12.5. The van der Waals surface area contributed by atoms with Gasteiger partial charge in [0.2, 0.25) is 0 Å². The van der Waals surface area contributed by atoms with E-state index >= 15 is 0 Å². The molecule has 1 heterocycles. The van der Waals surface area contributed by atoms with Crippen LogP contribution in [0, 0.1) is 3.70 Å². The molecule has 0 bridgehead atoms. The minimum absolute atomic E-state index is 0.155. The maximum atomic E-state index is 12.9. The summed E-state index contributed by atoms with van der Waals surface area (Å²) in [4.78, 5) is 3.55. The molecule has 0 aliphatic rings. The minimum atomic E-state index is -4.69. The Balaban J connectivity index is 2.64. The summed E-state index contributed by atoms with van der Waals surface area (Å²) in [5.41, 5.74) is -2.55. The first-order chi connectivity index (χ1) is 9.59. The molecule has 0 aliphatic carbocycles. The van der Waals surface area contributed by atoms with E-state index in [9.17, 15) is 26.3 Å². The number of hydrogen-bond acceptors (Lipinski definition) is 1. The van der Waals surface area contributed by atoms with Crippen LogP contribution in [0.5, 0.6) is 0 Å². The largest absolute Gasteiger partial charge is 0.418 e. The first-order valence-corrected chi connectivity index (χ1v) is 6.57. The van der Waals surface area contributed by atoms with E-state index < -0.39 is 23.5 Å². The summed E-state index contributed by atoms with van der Waals surface area (Å²) in [5.74, 6) is 0. The molecule has 112 valence electrons. The van der Waals surface area contributed by atoms with Gasteiger partial charge in [-0.2, -0.15) is 26.3 Å². The highest BCUT2D eigenvalue weighted by Crippen LogP contribution is 2.39. The second-order valence-corrected chi connectivity index (χ2v) is 5.23. The van der Waals surface area contributed by atoms with Gasteiger partial charge in [-0.3, -0.25) is 0 Å². The molecular formula is C13H6F6IN. The van der Waals surface area contributed by atoms with Crippen molar-refractivity contribution in [3.05, 3.63) is 51.4 Å². The molecule has 1 aromatic heterocycles. The third kappa shape index (κ3) is 3.66. The molecule has 1 aromatic carbocycles. The second-order valence-electron chi connectivity index (χ2n) is 4.13. The lowest BCUT2D eigenvalue weighted by Crippen LogP contribution is -2.09. The molecule has 0 atom stereocenters. The lowest BCUT2D eigenvalue weighted by atomic mass is 9.99. The summed E-state index contributed by atoms with van der Waals surface area (Å²) in [6.45, 7) is 0.